The maximum Gasteiger partial charge on any atom is 0.303 e. The molecule has 0 aromatic heterocycles. The largest absolute Gasteiger partial charge is 0.481 e. The van der Waals surface area contributed by atoms with Crippen LogP contribution in [0.2, 0.25) is 0 Å². The molecule has 0 saturated carbocycles. The lowest BCUT2D eigenvalue weighted by Crippen LogP contribution is -2.55. The first-order valence-corrected chi connectivity index (χ1v) is 7.86. The van der Waals surface area contributed by atoms with Gasteiger partial charge in [0.1, 0.15) is 5.75 Å². The highest BCUT2D eigenvalue weighted by molar-refractivity contribution is 6.02. The summed E-state index contributed by atoms with van der Waals surface area (Å²) in [6.45, 7) is 4.43. The fourth-order valence-electron chi connectivity index (χ4n) is 2.84. The summed E-state index contributed by atoms with van der Waals surface area (Å²) in [5.74, 6) is -0.0965. The standard InChI is InChI=1S/C17H23NO4/c1-3-17(4-2)16(21)18(12-8-7-11-15(19)20)13-9-5-6-10-14(13)22-17/h5-6,9-10H,3-4,7-8,11-12H2,1-2H3,(H,19,20). The van der Waals surface area contributed by atoms with Crippen LogP contribution < -0.4 is 9.64 Å². The predicted octanol–water partition coefficient (Wildman–Crippen LogP) is 3.23. The third-order valence-corrected chi connectivity index (χ3v) is 4.26. The van der Waals surface area contributed by atoms with Gasteiger partial charge in [0.15, 0.2) is 5.60 Å². The van der Waals surface area contributed by atoms with E-state index in [1.54, 1.807) is 4.90 Å². The topological polar surface area (TPSA) is 66.8 Å². The Morgan fingerprint density at radius 1 is 1.23 bits per heavy atom. The number of benzene rings is 1. The van der Waals surface area contributed by atoms with Crippen LogP contribution in [0.1, 0.15) is 46.0 Å². The van der Waals surface area contributed by atoms with Crippen molar-refractivity contribution in [3.8, 4) is 5.75 Å². The molecule has 0 bridgehead atoms. The summed E-state index contributed by atoms with van der Waals surface area (Å²) in [6, 6.07) is 7.53. The predicted molar refractivity (Wildman–Crippen MR) is 84.2 cm³/mol. The molecule has 0 saturated heterocycles. The molecule has 0 fully saturated rings. The molecule has 1 aromatic carbocycles. The monoisotopic (exact) mass is 305 g/mol. The highest BCUT2D eigenvalue weighted by Gasteiger charge is 2.45. The molecule has 0 unspecified atom stereocenters. The molecule has 5 heteroatoms. The van der Waals surface area contributed by atoms with Crippen molar-refractivity contribution >= 4 is 17.6 Å². The van der Waals surface area contributed by atoms with Crippen LogP contribution in [-0.2, 0) is 9.59 Å². The number of carboxylic acids is 1. The Bertz CT molecular complexity index is 551. The zero-order valence-corrected chi connectivity index (χ0v) is 13.2. The van der Waals surface area contributed by atoms with E-state index in [1.807, 2.05) is 38.1 Å². The molecule has 1 heterocycles. The Morgan fingerprint density at radius 3 is 2.55 bits per heavy atom. The van der Waals surface area contributed by atoms with Gasteiger partial charge in [0.05, 0.1) is 5.69 Å². The van der Waals surface area contributed by atoms with Crippen LogP contribution in [0.15, 0.2) is 24.3 Å². The van der Waals surface area contributed by atoms with Gasteiger partial charge in [-0.2, -0.15) is 0 Å². The van der Waals surface area contributed by atoms with Crippen LogP contribution in [0.3, 0.4) is 0 Å². The van der Waals surface area contributed by atoms with Crippen molar-refractivity contribution in [3.05, 3.63) is 24.3 Å². The molecule has 0 aliphatic carbocycles. The average Bonchev–Trinajstić information content (AvgIpc) is 2.52. The second-order valence-corrected chi connectivity index (χ2v) is 5.58. The lowest BCUT2D eigenvalue weighted by molar-refractivity contribution is -0.137. The molecular formula is C17H23NO4. The summed E-state index contributed by atoms with van der Waals surface area (Å²) in [7, 11) is 0. The van der Waals surface area contributed by atoms with E-state index >= 15 is 0 Å². The number of hydrogen-bond acceptors (Lipinski definition) is 3. The Morgan fingerprint density at radius 2 is 1.91 bits per heavy atom. The zero-order chi connectivity index (χ0) is 16.2. The average molecular weight is 305 g/mol. The SMILES string of the molecule is CCC1(CC)Oc2ccccc2N(CCCCC(=O)O)C1=O. The van der Waals surface area contributed by atoms with E-state index < -0.39 is 11.6 Å². The minimum absolute atomic E-state index is 0.0217. The van der Waals surface area contributed by atoms with Gasteiger partial charge >= 0.3 is 5.97 Å². The maximum atomic E-state index is 12.9. The number of anilines is 1. The van der Waals surface area contributed by atoms with Crippen molar-refractivity contribution in [3.63, 3.8) is 0 Å². The van der Waals surface area contributed by atoms with E-state index in [9.17, 15) is 9.59 Å². The molecule has 2 rings (SSSR count). The normalized spacial score (nSPS) is 16.1. The number of para-hydroxylation sites is 2. The molecule has 22 heavy (non-hydrogen) atoms. The first-order chi connectivity index (χ1) is 10.5. The molecule has 0 atom stereocenters. The number of aliphatic carboxylic acids is 1. The smallest absolute Gasteiger partial charge is 0.303 e. The number of fused-ring (bicyclic) bond motifs is 1. The van der Waals surface area contributed by atoms with E-state index in [0.29, 0.717) is 32.2 Å². The third kappa shape index (κ3) is 3.08. The van der Waals surface area contributed by atoms with Crippen LogP contribution in [0.25, 0.3) is 0 Å². The minimum Gasteiger partial charge on any atom is -0.481 e. The van der Waals surface area contributed by atoms with Crippen molar-refractivity contribution in [2.75, 3.05) is 11.4 Å². The van der Waals surface area contributed by atoms with Crippen LogP contribution in [-0.4, -0.2) is 29.1 Å². The van der Waals surface area contributed by atoms with Crippen molar-refractivity contribution < 1.29 is 19.4 Å². The van der Waals surface area contributed by atoms with Gasteiger partial charge in [0, 0.05) is 13.0 Å². The van der Waals surface area contributed by atoms with Crippen molar-refractivity contribution in [1.82, 2.24) is 0 Å². The molecule has 1 N–H and O–H groups in total. The first-order valence-electron chi connectivity index (χ1n) is 7.86. The fourth-order valence-corrected chi connectivity index (χ4v) is 2.84. The minimum atomic E-state index is -0.804. The van der Waals surface area contributed by atoms with Crippen molar-refractivity contribution in [2.24, 2.45) is 0 Å². The van der Waals surface area contributed by atoms with Gasteiger partial charge in [-0.15, -0.1) is 0 Å². The number of carboxylic acid groups (broad SMARTS) is 1. The van der Waals surface area contributed by atoms with Crippen molar-refractivity contribution in [2.45, 2.75) is 51.6 Å². The third-order valence-electron chi connectivity index (χ3n) is 4.26. The van der Waals surface area contributed by atoms with Gasteiger partial charge in [-0.25, -0.2) is 0 Å². The molecule has 0 radical (unpaired) electrons. The molecule has 1 aromatic rings. The quantitative estimate of drug-likeness (QED) is 0.785. The van der Waals surface area contributed by atoms with Gasteiger partial charge in [-0.05, 0) is 37.8 Å². The summed E-state index contributed by atoms with van der Waals surface area (Å²) < 4.78 is 6.02. The number of rotatable bonds is 7. The highest BCUT2D eigenvalue weighted by atomic mass is 16.5. The molecular weight excluding hydrogens is 282 g/mol. The van der Waals surface area contributed by atoms with E-state index in [1.165, 1.54) is 0 Å². The summed E-state index contributed by atoms with van der Waals surface area (Å²) >= 11 is 0. The fraction of sp³-hybridized carbons (Fsp3) is 0.529. The lowest BCUT2D eigenvalue weighted by atomic mass is 9.92. The molecule has 120 valence electrons. The summed E-state index contributed by atoms with van der Waals surface area (Å²) in [4.78, 5) is 25.3. The molecule has 1 aliphatic heterocycles. The van der Waals surface area contributed by atoms with Crippen LogP contribution in [0, 0.1) is 0 Å². The lowest BCUT2D eigenvalue weighted by Gasteiger charge is -2.42. The summed E-state index contributed by atoms with van der Waals surface area (Å²) in [6.07, 6.45) is 2.58. The van der Waals surface area contributed by atoms with Crippen LogP contribution >= 0.6 is 0 Å². The second-order valence-electron chi connectivity index (χ2n) is 5.58. The highest BCUT2D eigenvalue weighted by Crippen LogP contribution is 2.40. The zero-order valence-electron chi connectivity index (χ0n) is 13.2. The first kappa shape index (κ1) is 16.3. The molecule has 1 aliphatic rings. The van der Waals surface area contributed by atoms with Crippen LogP contribution in [0.5, 0.6) is 5.75 Å². The number of amides is 1. The summed E-state index contributed by atoms with van der Waals surface area (Å²) in [5, 5.41) is 8.72. The Balaban J connectivity index is 2.21. The second kappa shape index (κ2) is 6.81. The molecule has 1 amide bonds. The Hall–Kier alpha value is -2.04. The van der Waals surface area contributed by atoms with Crippen LogP contribution in [0.4, 0.5) is 5.69 Å². The van der Waals surface area contributed by atoms with Gasteiger partial charge in [0.25, 0.3) is 5.91 Å². The van der Waals surface area contributed by atoms with Gasteiger partial charge in [-0.1, -0.05) is 26.0 Å². The Labute approximate surface area is 130 Å². The van der Waals surface area contributed by atoms with Crippen molar-refractivity contribution in [1.29, 1.82) is 0 Å². The molecule has 0 spiro atoms. The van der Waals surface area contributed by atoms with E-state index in [0.717, 1.165) is 11.4 Å². The number of ether oxygens (including phenoxy) is 1. The van der Waals surface area contributed by atoms with Gasteiger partial charge < -0.3 is 14.7 Å². The number of carbonyl (C=O) groups excluding carboxylic acids is 1. The molecule has 5 nitrogen and oxygen atoms in total. The number of carbonyl (C=O) groups is 2. The summed E-state index contributed by atoms with van der Waals surface area (Å²) in [5.41, 5.74) is -0.0263. The maximum absolute atomic E-state index is 12.9. The Kier molecular flexibility index (Phi) is 5.06. The van der Waals surface area contributed by atoms with Gasteiger partial charge in [0.2, 0.25) is 0 Å². The van der Waals surface area contributed by atoms with E-state index in [-0.39, 0.29) is 12.3 Å². The number of nitrogens with zero attached hydrogens (tertiary/aromatic N) is 1. The van der Waals surface area contributed by atoms with Gasteiger partial charge in [-0.3, -0.25) is 9.59 Å². The van der Waals surface area contributed by atoms with E-state index in [2.05, 4.69) is 0 Å². The van der Waals surface area contributed by atoms with E-state index in [4.69, 9.17) is 9.84 Å². The number of hydrogen-bond donors (Lipinski definition) is 1. The number of unbranched alkanes of at least 4 members (excludes halogenated alkanes) is 1.